The van der Waals surface area contributed by atoms with Crippen LogP contribution in [0.5, 0.6) is 5.75 Å². The first-order valence-electron chi connectivity index (χ1n) is 8.00. The van der Waals surface area contributed by atoms with Crippen LogP contribution in [0, 0.1) is 0 Å². The van der Waals surface area contributed by atoms with Crippen LogP contribution in [0.3, 0.4) is 0 Å². The molecule has 0 amide bonds. The van der Waals surface area contributed by atoms with Gasteiger partial charge in [0.25, 0.3) is 0 Å². The third-order valence-corrected chi connectivity index (χ3v) is 3.79. The van der Waals surface area contributed by atoms with Crippen LogP contribution < -0.4 is 15.8 Å². The molecule has 0 saturated carbocycles. The Balaban J connectivity index is 1.66. The molecular weight excluding hydrogens is 314 g/mol. The lowest BCUT2D eigenvalue weighted by molar-refractivity contribution is 0.415. The second-order valence-corrected chi connectivity index (χ2v) is 5.53. The lowest BCUT2D eigenvalue weighted by Crippen LogP contribution is -2.22. The molecule has 0 aliphatic carbocycles. The molecule has 0 spiro atoms. The van der Waals surface area contributed by atoms with Crippen LogP contribution in [0.4, 0.5) is 5.69 Å². The maximum Gasteiger partial charge on any atom is 0.193 e. The average molecular weight is 335 g/mol. The zero-order valence-corrected chi connectivity index (χ0v) is 14.1. The quantitative estimate of drug-likeness (QED) is 0.536. The molecule has 0 aliphatic rings. The summed E-state index contributed by atoms with van der Waals surface area (Å²) in [5.74, 6) is 1.17. The number of methoxy groups -OCH3 is 1. The van der Waals surface area contributed by atoms with Crippen LogP contribution >= 0.6 is 0 Å². The molecule has 3 aromatic rings. The number of nitrogens with zero attached hydrogens (tertiary/aromatic N) is 3. The zero-order valence-electron chi connectivity index (χ0n) is 14.1. The third-order valence-electron chi connectivity index (χ3n) is 3.79. The Morgan fingerprint density at radius 3 is 2.56 bits per heavy atom. The summed E-state index contributed by atoms with van der Waals surface area (Å²) >= 11 is 0. The van der Waals surface area contributed by atoms with Gasteiger partial charge in [0, 0.05) is 18.1 Å². The molecule has 0 radical (unpaired) electrons. The maximum absolute atomic E-state index is 6.00. The number of hydrogen-bond donors (Lipinski definition) is 2. The fourth-order valence-corrected chi connectivity index (χ4v) is 2.47. The van der Waals surface area contributed by atoms with Crippen molar-refractivity contribution >= 4 is 11.6 Å². The molecule has 6 nitrogen and oxygen atoms in total. The lowest BCUT2D eigenvalue weighted by atomic mass is 10.1. The minimum Gasteiger partial charge on any atom is -0.497 e. The summed E-state index contributed by atoms with van der Waals surface area (Å²) in [6.45, 7) is 1.22. The van der Waals surface area contributed by atoms with Gasteiger partial charge < -0.3 is 15.8 Å². The van der Waals surface area contributed by atoms with Gasteiger partial charge in [-0.3, -0.25) is 4.68 Å². The van der Waals surface area contributed by atoms with E-state index in [1.807, 2.05) is 53.3 Å². The van der Waals surface area contributed by atoms with Gasteiger partial charge in [0.15, 0.2) is 5.96 Å². The van der Waals surface area contributed by atoms with Crippen molar-refractivity contribution in [2.24, 2.45) is 10.7 Å². The van der Waals surface area contributed by atoms with Crippen LogP contribution in [0.2, 0.25) is 0 Å². The molecule has 3 N–H and O–H groups in total. The molecule has 1 aromatic heterocycles. The number of guanidine groups is 1. The molecule has 0 atom stereocenters. The van der Waals surface area contributed by atoms with E-state index in [0.717, 1.165) is 17.0 Å². The summed E-state index contributed by atoms with van der Waals surface area (Å²) in [5, 5.41) is 7.33. The highest BCUT2D eigenvalue weighted by Gasteiger charge is 2.03. The molecule has 128 valence electrons. The van der Waals surface area contributed by atoms with E-state index in [4.69, 9.17) is 10.5 Å². The van der Waals surface area contributed by atoms with Crippen molar-refractivity contribution in [2.45, 2.75) is 13.1 Å². The number of hydrogen-bond acceptors (Lipinski definition) is 3. The number of nitrogens with one attached hydrogen (secondary N) is 1. The van der Waals surface area contributed by atoms with Crippen LogP contribution in [-0.4, -0.2) is 22.8 Å². The number of benzene rings is 2. The highest BCUT2D eigenvalue weighted by molar-refractivity contribution is 5.92. The molecule has 2 aromatic carbocycles. The summed E-state index contributed by atoms with van der Waals surface area (Å²) in [4.78, 5) is 4.44. The Morgan fingerprint density at radius 2 is 1.88 bits per heavy atom. The summed E-state index contributed by atoms with van der Waals surface area (Å²) < 4.78 is 7.03. The van der Waals surface area contributed by atoms with Crippen molar-refractivity contribution in [3.8, 4) is 5.75 Å². The fraction of sp³-hybridized carbons (Fsp3) is 0.158. The summed E-state index contributed by atoms with van der Waals surface area (Å²) in [7, 11) is 1.64. The van der Waals surface area contributed by atoms with Crippen LogP contribution in [-0.2, 0) is 13.1 Å². The number of anilines is 1. The van der Waals surface area contributed by atoms with E-state index in [1.165, 1.54) is 5.56 Å². The van der Waals surface area contributed by atoms with E-state index in [1.54, 1.807) is 13.3 Å². The van der Waals surface area contributed by atoms with E-state index < -0.39 is 0 Å². The topological polar surface area (TPSA) is 77.5 Å². The molecular formula is C19H21N5O. The number of aromatic nitrogens is 2. The molecule has 3 rings (SSSR count). The van der Waals surface area contributed by atoms with E-state index in [9.17, 15) is 0 Å². The highest BCUT2D eigenvalue weighted by Crippen LogP contribution is 2.15. The minimum atomic E-state index is 0.374. The van der Waals surface area contributed by atoms with Crippen LogP contribution in [0.1, 0.15) is 11.1 Å². The lowest BCUT2D eigenvalue weighted by Gasteiger charge is -2.09. The second kappa shape index (κ2) is 8.01. The van der Waals surface area contributed by atoms with Crippen LogP contribution in [0.25, 0.3) is 0 Å². The molecule has 6 heteroatoms. The smallest absolute Gasteiger partial charge is 0.193 e. The molecule has 0 unspecified atom stereocenters. The Morgan fingerprint density at radius 1 is 1.12 bits per heavy atom. The normalized spacial score (nSPS) is 11.3. The van der Waals surface area contributed by atoms with Gasteiger partial charge in [-0.05, 0) is 41.5 Å². The first kappa shape index (κ1) is 16.6. The minimum absolute atomic E-state index is 0.374. The summed E-state index contributed by atoms with van der Waals surface area (Å²) in [6, 6.07) is 17.6. The molecule has 0 aliphatic heterocycles. The van der Waals surface area contributed by atoms with Crippen molar-refractivity contribution < 1.29 is 4.74 Å². The Labute approximate surface area is 147 Å². The standard InChI is InChI=1S/C19H21N5O/c1-25-18-9-7-17(8-10-18)23-19(20)21-13-15-5-2-3-6-16(15)14-24-12-4-11-22-24/h2-12H,13-14H2,1H3,(H3,20,21,23). The highest BCUT2D eigenvalue weighted by atomic mass is 16.5. The van der Waals surface area contributed by atoms with Gasteiger partial charge in [-0.25, -0.2) is 4.99 Å². The van der Waals surface area contributed by atoms with Crippen molar-refractivity contribution in [3.63, 3.8) is 0 Å². The van der Waals surface area contributed by atoms with Crippen molar-refractivity contribution in [3.05, 3.63) is 78.1 Å². The summed E-state index contributed by atoms with van der Waals surface area (Å²) in [5.41, 5.74) is 9.16. The first-order chi connectivity index (χ1) is 12.2. The molecule has 0 saturated heterocycles. The van der Waals surface area contributed by atoms with E-state index in [0.29, 0.717) is 19.0 Å². The van der Waals surface area contributed by atoms with Gasteiger partial charge in [-0.2, -0.15) is 5.10 Å². The number of aliphatic imine (C=N–C) groups is 1. The van der Waals surface area contributed by atoms with E-state index >= 15 is 0 Å². The van der Waals surface area contributed by atoms with Gasteiger partial charge in [0.1, 0.15) is 5.75 Å². The molecule has 0 fully saturated rings. The number of nitrogens with two attached hydrogens (primary N) is 1. The van der Waals surface area contributed by atoms with Gasteiger partial charge >= 0.3 is 0 Å². The zero-order chi connectivity index (χ0) is 17.5. The van der Waals surface area contributed by atoms with Gasteiger partial charge in [-0.1, -0.05) is 24.3 Å². The monoisotopic (exact) mass is 335 g/mol. The first-order valence-corrected chi connectivity index (χ1v) is 8.00. The van der Waals surface area contributed by atoms with Gasteiger partial charge in [-0.15, -0.1) is 0 Å². The predicted molar refractivity (Wildman–Crippen MR) is 99.7 cm³/mol. The molecule has 25 heavy (non-hydrogen) atoms. The van der Waals surface area contributed by atoms with Gasteiger partial charge in [0.05, 0.1) is 20.2 Å². The van der Waals surface area contributed by atoms with Crippen molar-refractivity contribution in [2.75, 3.05) is 12.4 Å². The summed E-state index contributed by atoms with van der Waals surface area (Å²) in [6.07, 6.45) is 3.72. The molecule has 1 heterocycles. The maximum atomic E-state index is 6.00. The third kappa shape index (κ3) is 4.60. The number of ether oxygens (including phenoxy) is 1. The molecule has 0 bridgehead atoms. The van der Waals surface area contributed by atoms with Gasteiger partial charge in [0.2, 0.25) is 0 Å². The SMILES string of the molecule is COc1ccc(NC(N)=NCc2ccccc2Cn2cccn2)cc1. The van der Waals surface area contributed by atoms with Crippen LogP contribution in [0.15, 0.2) is 72.0 Å². The van der Waals surface area contributed by atoms with E-state index in [-0.39, 0.29) is 0 Å². The van der Waals surface area contributed by atoms with E-state index in [2.05, 4.69) is 27.5 Å². The average Bonchev–Trinajstić information content (AvgIpc) is 3.15. The Hall–Kier alpha value is -3.28. The second-order valence-electron chi connectivity index (χ2n) is 5.53. The fourth-order valence-electron chi connectivity index (χ4n) is 2.47. The predicted octanol–water partition coefficient (Wildman–Crippen LogP) is 2.87. The Kier molecular flexibility index (Phi) is 5.31. The largest absolute Gasteiger partial charge is 0.497 e. The number of rotatable bonds is 6. The Bertz CT molecular complexity index is 825. The van der Waals surface area contributed by atoms with Crippen molar-refractivity contribution in [1.29, 1.82) is 0 Å². The van der Waals surface area contributed by atoms with Crippen molar-refractivity contribution in [1.82, 2.24) is 9.78 Å².